The number of nitrogens with zero attached hydrogens (tertiary/aromatic N) is 1. The summed E-state index contributed by atoms with van der Waals surface area (Å²) in [4.78, 5) is 0. The Labute approximate surface area is 89.1 Å². The lowest BCUT2D eigenvalue weighted by molar-refractivity contribution is 0.314. The molecule has 0 amide bonds. The molecule has 3 heteroatoms. The number of halogens is 1. The summed E-state index contributed by atoms with van der Waals surface area (Å²) in [6.07, 6.45) is 0.924. The van der Waals surface area contributed by atoms with Crippen LogP contribution in [0.15, 0.2) is 12.1 Å². The summed E-state index contributed by atoms with van der Waals surface area (Å²) >= 11 is 5.83. The Morgan fingerprint density at radius 1 is 1.50 bits per heavy atom. The molecule has 0 radical (unpaired) electrons. The summed E-state index contributed by atoms with van der Waals surface area (Å²) in [6, 6.07) is 5.50. The molecule has 0 N–H and O–H groups in total. The van der Waals surface area contributed by atoms with E-state index < -0.39 is 0 Å². The van der Waals surface area contributed by atoms with Gasteiger partial charge in [-0.1, -0.05) is 18.5 Å². The summed E-state index contributed by atoms with van der Waals surface area (Å²) in [5.74, 6) is 0.652. The summed E-state index contributed by atoms with van der Waals surface area (Å²) in [6.45, 7) is 4.53. The van der Waals surface area contributed by atoms with Gasteiger partial charge in [-0.05, 0) is 31.0 Å². The molecule has 0 spiro atoms. The van der Waals surface area contributed by atoms with Crippen LogP contribution in [0.2, 0.25) is 5.02 Å². The molecular formula is C11H12ClNO. The minimum atomic E-state index is 0.503. The molecule has 0 aliphatic carbocycles. The molecule has 0 aliphatic rings. The monoisotopic (exact) mass is 209 g/mol. The average molecular weight is 210 g/mol. The zero-order valence-electron chi connectivity index (χ0n) is 8.30. The van der Waals surface area contributed by atoms with Crippen LogP contribution in [0.3, 0.4) is 0 Å². The van der Waals surface area contributed by atoms with Crippen LogP contribution < -0.4 is 4.74 Å². The van der Waals surface area contributed by atoms with Crippen LogP contribution in [0.4, 0.5) is 0 Å². The van der Waals surface area contributed by atoms with Gasteiger partial charge in [0.05, 0.1) is 12.2 Å². The minimum absolute atomic E-state index is 0.503. The van der Waals surface area contributed by atoms with Gasteiger partial charge in [0, 0.05) is 5.02 Å². The molecule has 74 valence electrons. The molecule has 0 aromatic heterocycles. The molecule has 0 bridgehead atoms. The predicted octanol–water partition coefficient (Wildman–Crippen LogP) is 3.31. The van der Waals surface area contributed by atoms with Gasteiger partial charge in [-0.15, -0.1) is 0 Å². The van der Waals surface area contributed by atoms with Crippen molar-refractivity contribution in [3.63, 3.8) is 0 Å². The number of nitriles is 1. The fraction of sp³-hybridized carbons (Fsp3) is 0.364. The number of hydrogen-bond donors (Lipinski definition) is 0. The Morgan fingerprint density at radius 3 is 2.79 bits per heavy atom. The maximum atomic E-state index is 8.88. The van der Waals surface area contributed by atoms with Crippen molar-refractivity contribution >= 4 is 11.6 Å². The van der Waals surface area contributed by atoms with Gasteiger partial charge in [-0.25, -0.2) is 0 Å². The van der Waals surface area contributed by atoms with Crippen molar-refractivity contribution in [1.29, 1.82) is 5.26 Å². The Balaban J connectivity index is 3.07. The zero-order chi connectivity index (χ0) is 10.6. The first-order valence-corrected chi connectivity index (χ1v) is 4.90. The van der Waals surface area contributed by atoms with E-state index in [4.69, 9.17) is 21.6 Å². The third kappa shape index (κ3) is 2.40. The van der Waals surface area contributed by atoms with Crippen LogP contribution >= 0.6 is 11.6 Å². The van der Waals surface area contributed by atoms with Gasteiger partial charge < -0.3 is 4.74 Å². The fourth-order valence-electron chi connectivity index (χ4n) is 1.21. The van der Waals surface area contributed by atoms with Gasteiger partial charge in [-0.2, -0.15) is 5.26 Å². The SMILES string of the molecule is CCCOc1c(C)cc(Cl)cc1C#N. The van der Waals surface area contributed by atoms with Crippen molar-refractivity contribution in [3.05, 3.63) is 28.3 Å². The molecule has 0 unspecified atom stereocenters. The van der Waals surface area contributed by atoms with E-state index in [2.05, 4.69) is 6.07 Å². The van der Waals surface area contributed by atoms with E-state index >= 15 is 0 Å². The molecule has 0 atom stereocenters. The van der Waals surface area contributed by atoms with Crippen LogP contribution in [-0.4, -0.2) is 6.61 Å². The lowest BCUT2D eigenvalue weighted by atomic mass is 10.1. The van der Waals surface area contributed by atoms with E-state index in [-0.39, 0.29) is 0 Å². The van der Waals surface area contributed by atoms with Gasteiger partial charge in [0.15, 0.2) is 0 Å². The van der Waals surface area contributed by atoms with Gasteiger partial charge in [0.1, 0.15) is 11.8 Å². The van der Waals surface area contributed by atoms with Gasteiger partial charge in [-0.3, -0.25) is 0 Å². The largest absolute Gasteiger partial charge is 0.492 e. The van der Waals surface area contributed by atoms with Crippen molar-refractivity contribution in [1.82, 2.24) is 0 Å². The van der Waals surface area contributed by atoms with Crippen LogP contribution in [0.25, 0.3) is 0 Å². The third-order valence-electron chi connectivity index (χ3n) is 1.81. The fourth-order valence-corrected chi connectivity index (χ4v) is 1.48. The average Bonchev–Trinajstić information content (AvgIpc) is 2.15. The van der Waals surface area contributed by atoms with Crippen molar-refractivity contribution in [3.8, 4) is 11.8 Å². The standard InChI is InChI=1S/C11H12ClNO/c1-3-4-14-11-8(2)5-10(12)6-9(11)7-13/h5-6H,3-4H2,1-2H3. The maximum absolute atomic E-state index is 8.88. The highest BCUT2D eigenvalue weighted by Gasteiger charge is 2.08. The molecule has 2 nitrogen and oxygen atoms in total. The lowest BCUT2D eigenvalue weighted by Crippen LogP contribution is -1.99. The van der Waals surface area contributed by atoms with E-state index in [0.717, 1.165) is 12.0 Å². The van der Waals surface area contributed by atoms with E-state index in [9.17, 15) is 0 Å². The normalized spacial score (nSPS) is 9.57. The number of ether oxygens (including phenoxy) is 1. The number of benzene rings is 1. The lowest BCUT2D eigenvalue weighted by Gasteiger charge is -2.09. The topological polar surface area (TPSA) is 33.0 Å². The molecule has 14 heavy (non-hydrogen) atoms. The molecule has 0 aliphatic heterocycles. The smallest absolute Gasteiger partial charge is 0.140 e. The molecule has 0 saturated carbocycles. The minimum Gasteiger partial charge on any atom is -0.492 e. The third-order valence-corrected chi connectivity index (χ3v) is 2.03. The first kappa shape index (κ1) is 10.9. The summed E-state index contributed by atoms with van der Waals surface area (Å²) in [5.41, 5.74) is 1.41. The predicted molar refractivity (Wildman–Crippen MR) is 56.7 cm³/mol. The number of hydrogen-bond acceptors (Lipinski definition) is 2. The Morgan fingerprint density at radius 2 is 2.21 bits per heavy atom. The van der Waals surface area contributed by atoms with E-state index in [1.54, 1.807) is 12.1 Å². The van der Waals surface area contributed by atoms with Gasteiger partial charge in [0.25, 0.3) is 0 Å². The maximum Gasteiger partial charge on any atom is 0.140 e. The van der Waals surface area contributed by atoms with Crippen LogP contribution in [0.1, 0.15) is 24.5 Å². The van der Waals surface area contributed by atoms with Crippen LogP contribution in [-0.2, 0) is 0 Å². The van der Waals surface area contributed by atoms with Crippen molar-refractivity contribution in [2.75, 3.05) is 6.61 Å². The molecule has 0 saturated heterocycles. The van der Waals surface area contributed by atoms with Crippen molar-refractivity contribution < 1.29 is 4.74 Å². The first-order chi connectivity index (χ1) is 6.69. The van der Waals surface area contributed by atoms with Gasteiger partial charge in [0.2, 0.25) is 0 Å². The van der Waals surface area contributed by atoms with Crippen molar-refractivity contribution in [2.24, 2.45) is 0 Å². The molecule has 1 rings (SSSR count). The second kappa shape index (κ2) is 4.88. The second-order valence-corrected chi connectivity index (χ2v) is 3.50. The summed E-state index contributed by atoms with van der Waals surface area (Å²) < 4.78 is 5.48. The van der Waals surface area contributed by atoms with Crippen LogP contribution in [0.5, 0.6) is 5.75 Å². The summed E-state index contributed by atoms with van der Waals surface area (Å²) in [5, 5.41) is 9.45. The highest BCUT2D eigenvalue weighted by atomic mass is 35.5. The number of aryl methyl sites for hydroxylation is 1. The molecule has 1 aromatic carbocycles. The van der Waals surface area contributed by atoms with Gasteiger partial charge >= 0.3 is 0 Å². The Bertz CT molecular complexity index is 368. The quantitative estimate of drug-likeness (QED) is 0.765. The molecule has 0 heterocycles. The highest BCUT2D eigenvalue weighted by Crippen LogP contribution is 2.27. The Kier molecular flexibility index (Phi) is 3.79. The molecular weight excluding hydrogens is 198 g/mol. The van der Waals surface area contributed by atoms with E-state index in [1.165, 1.54) is 0 Å². The number of rotatable bonds is 3. The highest BCUT2D eigenvalue weighted by molar-refractivity contribution is 6.30. The zero-order valence-corrected chi connectivity index (χ0v) is 9.06. The summed E-state index contributed by atoms with van der Waals surface area (Å²) in [7, 11) is 0. The molecule has 0 fully saturated rings. The second-order valence-electron chi connectivity index (χ2n) is 3.06. The van der Waals surface area contributed by atoms with E-state index in [0.29, 0.717) is 22.9 Å². The van der Waals surface area contributed by atoms with E-state index in [1.807, 2.05) is 13.8 Å². The first-order valence-electron chi connectivity index (χ1n) is 4.52. The van der Waals surface area contributed by atoms with Crippen molar-refractivity contribution in [2.45, 2.75) is 20.3 Å². The Hall–Kier alpha value is -1.20. The molecule has 1 aromatic rings. The van der Waals surface area contributed by atoms with Crippen LogP contribution in [0, 0.1) is 18.3 Å².